The lowest BCUT2D eigenvalue weighted by molar-refractivity contribution is -0.120. The molecule has 0 aliphatic heterocycles. The van der Waals surface area contributed by atoms with Gasteiger partial charge in [-0.15, -0.1) is 0 Å². The predicted octanol–water partition coefficient (Wildman–Crippen LogP) is 0.0790. The second kappa shape index (κ2) is 5.29. The van der Waals surface area contributed by atoms with Gasteiger partial charge in [0.15, 0.2) is 0 Å². The molecule has 0 saturated heterocycles. The Morgan fingerprint density at radius 2 is 2.25 bits per heavy atom. The molecule has 0 heterocycles. The van der Waals surface area contributed by atoms with Crippen LogP contribution in [0.4, 0.5) is 0 Å². The molecule has 0 fully saturated rings. The number of nitrogens with one attached hydrogen (secondary N) is 1. The highest BCUT2D eigenvalue weighted by Crippen LogP contribution is 1.98. The fourth-order valence-corrected chi connectivity index (χ4v) is 0.574. The van der Waals surface area contributed by atoms with Crippen LogP contribution in [0.2, 0.25) is 0 Å². The summed E-state index contributed by atoms with van der Waals surface area (Å²) in [6, 6.07) is 0. The van der Waals surface area contributed by atoms with Crippen molar-refractivity contribution in [2.24, 2.45) is 22.0 Å². The molecule has 0 spiro atoms. The van der Waals surface area contributed by atoms with Gasteiger partial charge in [0.2, 0.25) is 0 Å². The van der Waals surface area contributed by atoms with Gasteiger partial charge in [-0.05, 0) is 0 Å². The Balaban J connectivity index is 4.04. The molecule has 5 heteroatoms. The summed E-state index contributed by atoms with van der Waals surface area (Å²) in [5.41, 5.74) is 2.44. The molecule has 0 aliphatic rings. The first kappa shape index (κ1) is 10.6. The maximum absolute atomic E-state index is 11.1. The van der Waals surface area contributed by atoms with Crippen LogP contribution in [0.3, 0.4) is 0 Å². The van der Waals surface area contributed by atoms with Gasteiger partial charge in [-0.1, -0.05) is 13.8 Å². The summed E-state index contributed by atoms with van der Waals surface area (Å²) in [6.45, 7) is 6.83. The third-order valence-electron chi connectivity index (χ3n) is 1.35. The van der Waals surface area contributed by atoms with E-state index in [-0.39, 0.29) is 18.1 Å². The molecule has 0 aromatic carbocycles. The number of carbonyl (C=O) groups excluding carboxylic acids is 1. The molecule has 12 heavy (non-hydrogen) atoms. The number of carbonyl (C=O) groups is 1. The largest absolute Gasteiger partial charge is 0.322 e. The molecule has 0 unspecified atom stereocenters. The van der Waals surface area contributed by atoms with Crippen molar-refractivity contribution in [3.05, 3.63) is 0 Å². The van der Waals surface area contributed by atoms with Crippen molar-refractivity contribution >= 4 is 18.3 Å². The van der Waals surface area contributed by atoms with E-state index in [2.05, 4.69) is 22.3 Å². The number of hydrogen-bond acceptors (Lipinski definition) is 4. The minimum Gasteiger partial charge on any atom is -0.322 e. The highest BCUT2D eigenvalue weighted by Gasteiger charge is 2.10. The molecule has 0 rings (SSSR count). The van der Waals surface area contributed by atoms with Crippen LogP contribution in [0, 0.1) is 5.92 Å². The van der Waals surface area contributed by atoms with E-state index in [0.717, 1.165) is 0 Å². The summed E-state index contributed by atoms with van der Waals surface area (Å²) in [5, 5.41) is 6.71. The molecule has 5 nitrogen and oxygen atoms in total. The van der Waals surface area contributed by atoms with Crippen LogP contribution in [0.1, 0.15) is 20.3 Å². The highest BCUT2D eigenvalue weighted by molar-refractivity contribution is 6.01. The van der Waals surface area contributed by atoms with E-state index in [1.165, 1.54) is 0 Å². The number of hydrogen-bond donors (Lipinski definition) is 2. The molecular weight excluding hydrogens is 156 g/mol. The minimum absolute atomic E-state index is 0.0200. The summed E-state index contributed by atoms with van der Waals surface area (Å²) in [5.74, 6) is 5.37. The SMILES string of the molecule is C=NN/C(CC(=O)C(C)C)=N\N. The monoisotopic (exact) mass is 170 g/mol. The Kier molecular flexibility index (Phi) is 4.67. The highest BCUT2D eigenvalue weighted by atomic mass is 16.1. The van der Waals surface area contributed by atoms with Gasteiger partial charge < -0.3 is 5.84 Å². The van der Waals surface area contributed by atoms with E-state index in [9.17, 15) is 4.79 Å². The van der Waals surface area contributed by atoms with Crippen molar-refractivity contribution < 1.29 is 4.79 Å². The second-order valence-electron chi connectivity index (χ2n) is 2.64. The van der Waals surface area contributed by atoms with Crippen molar-refractivity contribution in [2.45, 2.75) is 20.3 Å². The molecule has 0 atom stereocenters. The zero-order chi connectivity index (χ0) is 9.56. The molecular formula is C7H14N4O. The van der Waals surface area contributed by atoms with Gasteiger partial charge in [-0.2, -0.15) is 10.2 Å². The Labute approximate surface area is 71.7 Å². The lowest BCUT2D eigenvalue weighted by Crippen LogP contribution is -2.24. The van der Waals surface area contributed by atoms with E-state index in [1.807, 2.05) is 13.8 Å². The van der Waals surface area contributed by atoms with Gasteiger partial charge in [-0.25, -0.2) is 0 Å². The van der Waals surface area contributed by atoms with Crippen LogP contribution in [0.25, 0.3) is 0 Å². The molecule has 0 aliphatic carbocycles. The fraction of sp³-hybridized carbons (Fsp3) is 0.571. The van der Waals surface area contributed by atoms with E-state index in [1.54, 1.807) is 0 Å². The molecule has 0 saturated carbocycles. The number of nitrogens with two attached hydrogens (primary N) is 1. The zero-order valence-corrected chi connectivity index (χ0v) is 7.37. The first-order chi connectivity index (χ1) is 5.61. The van der Waals surface area contributed by atoms with Crippen LogP contribution in [0.15, 0.2) is 10.2 Å². The van der Waals surface area contributed by atoms with Crippen LogP contribution in [-0.2, 0) is 4.79 Å². The van der Waals surface area contributed by atoms with Gasteiger partial charge in [0.1, 0.15) is 11.6 Å². The summed E-state index contributed by atoms with van der Waals surface area (Å²) >= 11 is 0. The van der Waals surface area contributed by atoms with E-state index >= 15 is 0 Å². The van der Waals surface area contributed by atoms with Gasteiger partial charge in [0.05, 0.1) is 6.42 Å². The smallest absolute Gasteiger partial charge is 0.149 e. The van der Waals surface area contributed by atoms with E-state index in [0.29, 0.717) is 5.84 Å². The summed E-state index contributed by atoms with van der Waals surface area (Å²) in [7, 11) is 0. The van der Waals surface area contributed by atoms with Crippen molar-refractivity contribution in [3.8, 4) is 0 Å². The average molecular weight is 170 g/mol. The van der Waals surface area contributed by atoms with Gasteiger partial charge in [-0.3, -0.25) is 10.2 Å². The van der Waals surface area contributed by atoms with Crippen LogP contribution in [-0.4, -0.2) is 18.3 Å². The van der Waals surface area contributed by atoms with Crippen LogP contribution < -0.4 is 11.3 Å². The van der Waals surface area contributed by atoms with Gasteiger partial charge in [0, 0.05) is 12.6 Å². The molecule has 0 bridgehead atoms. The maximum Gasteiger partial charge on any atom is 0.149 e. The molecule has 68 valence electrons. The second-order valence-corrected chi connectivity index (χ2v) is 2.64. The number of Topliss-reactive ketones (excluding diaryl/α,β-unsaturated/α-hetero) is 1. The predicted molar refractivity (Wildman–Crippen MR) is 48.8 cm³/mol. The number of nitrogens with zero attached hydrogens (tertiary/aromatic N) is 2. The van der Waals surface area contributed by atoms with Crippen molar-refractivity contribution in [2.75, 3.05) is 0 Å². The standard InChI is InChI=1S/C7H14N4O/c1-5(2)6(12)4-7(10-8)11-9-3/h5H,3-4,8H2,1-2H3,(H,10,11). The zero-order valence-electron chi connectivity index (χ0n) is 7.37. The van der Waals surface area contributed by atoms with Crippen molar-refractivity contribution in [1.29, 1.82) is 0 Å². The number of hydrazone groups is 2. The molecule has 3 N–H and O–H groups in total. The quantitative estimate of drug-likeness (QED) is 0.271. The molecule has 0 aromatic rings. The van der Waals surface area contributed by atoms with Gasteiger partial charge >= 0.3 is 0 Å². The average Bonchev–Trinajstić information content (AvgIpc) is 2.03. The van der Waals surface area contributed by atoms with Gasteiger partial charge in [0.25, 0.3) is 0 Å². The molecule has 0 amide bonds. The summed E-state index contributed by atoms with van der Waals surface area (Å²) < 4.78 is 0. The Hall–Kier alpha value is -1.39. The third kappa shape index (κ3) is 3.70. The number of ketones is 1. The fourth-order valence-electron chi connectivity index (χ4n) is 0.574. The molecule has 0 radical (unpaired) electrons. The lowest BCUT2D eigenvalue weighted by Gasteiger charge is -2.04. The number of rotatable bonds is 4. The summed E-state index contributed by atoms with van der Waals surface area (Å²) in [4.78, 5) is 11.1. The van der Waals surface area contributed by atoms with Crippen molar-refractivity contribution in [1.82, 2.24) is 5.43 Å². The Morgan fingerprint density at radius 3 is 2.58 bits per heavy atom. The topological polar surface area (TPSA) is 79.8 Å². The first-order valence-electron chi connectivity index (χ1n) is 3.63. The van der Waals surface area contributed by atoms with E-state index < -0.39 is 0 Å². The van der Waals surface area contributed by atoms with E-state index in [4.69, 9.17) is 5.84 Å². The Morgan fingerprint density at radius 1 is 1.67 bits per heavy atom. The van der Waals surface area contributed by atoms with Crippen LogP contribution >= 0.6 is 0 Å². The number of amidine groups is 1. The summed E-state index contributed by atoms with van der Waals surface area (Å²) in [6.07, 6.45) is 0.174. The minimum atomic E-state index is -0.0200. The van der Waals surface area contributed by atoms with Crippen LogP contribution in [0.5, 0.6) is 0 Å². The normalized spacial score (nSPS) is 11.4. The van der Waals surface area contributed by atoms with Crippen molar-refractivity contribution in [3.63, 3.8) is 0 Å². The lowest BCUT2D eigenvalue weighted by atomic mass is 10.1. The third-order valence-corrected chi connectivity index (χ3v) is 1.35. The maximum atomic E-state index is 11.1. The Bertz CT molecular complexity index is 198. The first-order valence-corrected chi connectivity index (χ1v) is 3.63. The molecule has 0 aromatic heterocycles.